The second kappa shape index (κ2) is 2.49. The average molecular weight is 173 g/mol. The zero-order valence-corrected chi connectivity index (χ0v) is 7.25. The molecule has 66 valence electrons. The van der Waals surface area contributed by atoms with E-state index in [1.807, 2.05) is 12.1 Å². The van der Waals surface area contributed by atoms with Gasteiger partial charge < -0.3 is 10.3 Å². The molecule has 2 aromatic rings. The number of imidazole rings is 1. The number of nitrogens with zero attached hydrogens (tertiary/aromatic N) is 1. The third-order valence-corrected chi connectivity index (χ3v) is 2.39. The summed E-state index contributed by atoms with van der Waals surface area (Å²) in [5.74, 6) is 0. The van der Waals surface area contributed by atoms with Crippen molar-refractivity contribution in [2.45, 2.75) is 18.9 Å². The van der Waals surface area contributed by atoms with Gasteiger partial charge in [0, 0.05) is 6.04 Å². The topological polar surface area (TPSA) is 40.7 Å². The molecule has 0 bridgehead atoms. The van der Waals surface area contributed by atoms with Crippen molar-refractivity contribution in [1.82, 2.24) is 9.97 Å². The molecule has 3 rings (SSSR count). The molecule has 3 heteroatoms. The van der Waals surface area contributed by atoms with E-state index in [4.69, 9.17) is 0 Å². The van der Waals surface area contributed by atoms with E-state index in [0.717, 1.165) is 16.7 Å². The lowest BCUT2D eigenvalue weighted by Crippen LogP contribution is -2.00. The third kappa shape index (κ3) is 1.16. The van der Waals surface area contributed by atoms with Crippen molar-refractivity contribution in [3.8, 4) is 0 Å². The Bertz CT molecular complexity index is 428. The molecule has 0 atom stereocenters. The van der Waals surface area contributed by atoms with E-state index in [0.29, 0.717) is 6.04 Å². The highest BCUT2D eigenvalue weighted by Gasteiger charge is 2.21. The van der Waals surface area contributed by atoms with Crippen LogP contribution in [0.25, 0.3) is 11.0 Å². The number of nitrogens with one attached hydrogen (secondary N) is 2. The number of hydrogen-bond acceptors (Lipinski definition) is 2. The van der Waals surface area contributed by atoms with Crippen LogP contribution in [0.4, 0.5) is 5.69 Å². The summed E-state index contributed by atoms with van der Waals surface area (Å²) in [5.41, 5.74) is 3.31. The van der Waals surface area contributed by atoms with Crippen molar-refractivity contribution < 1.29 is 0 Å². The van der Waals surface area contributed by atoms with Crippen molar-refractivity contribution in [1.29, 1.82) is 0 Å². The molecule has 0 unspecified atom stereocenters. The molecule has 1 saturated carbocycles. The van der Waals surface area contributed by atoms with Gasteiger partial charge in [0.15, 0.2) is 0 Å². The smallest absolute Gasteiger partial charge is 0.111 e. The van der Waals surface area contributed by atoms with Gasteiger partial charge in [-0.2, -0.15) is 0 Å². The molecule has 1 aliphatic rings. The van der Waals surface area contributed by atoms with E-state index in [-0.39, 0.29) is 0 Å². The lowest BCUT2D eigenvalue weighted by molar-refractivity contribution is 1.16. The number of hydrogen-bond donors (Lipinski definition) is 2. The van der Waals surface area contributed by atoms with Gasteiger partial charge in [0.1, 0.15) is 5.52 Å². The summed E-state index contributed by atoms with van der Waals surface area (Å²) in [4.78, 5) is 7.38. The van der Waals surface area contributed by atoms with E-state index in [9.17, 15) is 0 Å². The van der Waals surface area contributed by atoms with E-state index < -0.39 is 0 Å². The first-order chi connectivity index (χ1) is 6.43. The summed E-state index contributed by atoms with van der Waals surface area (Å²) >= 11 is 0. The van der Waals surface area contributed by atoms with Crippen molar-refractivity contribution in [3.05, 3.63) is 24.5 Å². The lowest BCUT2D eigenvalue weighted by Gasteiger charge is -2.03. The lowest BCUT2D eigenvalue weighted by atomic mass is 10.2. The Morgan fingerprint density at radius 1 is 1.38 bits per heavy atom. The minimum absolute atomic E-state index is 0.683. The highest BCUT2D eigenvalue weighted by atomic mass is 15.0. The van der Waals surface area contributed by atoms with Crippen LogP contribution in [0.2, 0.25) is 0 Å². The second-order valence-electron chi connectivity index (χ2n) is 3.52. The molecule has 3 nitrogen and oxygen atoms in total. The molecule has 0 radical (unpaired) electrons. The number of benzene rings is 1. The van der Waals surface area contributed by atoms with Crippen LogP contribution in [0.15, 0.2) is 24.5 Å². The van der Waals surface area contributed by atoms with Gasteiger partial charge in [0.2, 0.25) is 0 Å². The van der Waals surface area contributed by atoms with Gasteiger partial charge in [-0.25, -0.2) is 4.98 Å². The number of aromatic amines is 1. The SMILES string of the molecule is c1cc(NC2CC2)c2nc[nH]c2c1. The first kappa shape index (κ1) is 6.95. The molecule has 1 aliphatic carbocycles. The maximum Gasteiger partial charge on any atom is 0.111 e. The summed E-state index contributed by atoms with van der Waals surface area (Å²) in [5, 5.41) is 3.46. The fourth-order valence-corrected chi connectivity index (χ4v) is 1.53. The van der Waals surface area contributed by atoms with Gasteiger partial charge in [0.25, 0.3) is 0 Å². The van der Waals surface area contributed by atoms with E-state index in [1.54, 1.807) is 6.33 Å². The summed E-state index contributed by atoms with van der Waals surface area (Å²) in [7, 11) is 0. The molecule has 0 saturated heterocycles. The van der Waals surface area contributed by atoms with Crippen LogP contribution in [0, 0.1) is 0 Å². The Balaban J connectivity index is 2.09. The van der Waals surface area contributed by atoms with Gasteiger partial charge in [-0.15, -0.1) is 0 Å². The second-order valence-corrected chi connectivity index (χ2v) is 3.52. The summed E-state index contributed by atoms with van der Waals surface area (Å²) < 4.78 is 0. The number of H-pyrrole nitrogens is 1. The summed E-state index contributed by atoms with van der Waals surface area (Å²) in [6, 6.07) is 6.86. The van der Waals surface area contributed by atoms with Gasteiger partial charge in [-0.1, -0.05) is 6.07 Å². The Kier molecular flexibility index (Phi) is 1.33. The number of para-hydroxylation sites is 1. The van der Waals surface area contributed by atoms with Crippen LogP contribution in [-0.4, -0.2) is 16.0 Å². The average Bonchev–Trinajstić information content (AvgIpc) is 2.83. The highest BCUT2D eigenvalue weighted by Crippen LogP contribution is 2.27. The number of rotatable bonds is 2. The molecule has 0 amide bonds. The minimum atomic E-state index is 0.683. The zero-order valence-electron chi connectivity index (χ0n) is 7.25. The molecule has 1 fully saturated rings. The number of fused-ring (bicyclic) bond motifs is 1. The van der Waals surface area contributed by atoms with Gasteiger partial charge in [-0.05, 0) is 25.0 Å². The molecule has 13 heavy (non-hydrogen) atoms. The van der Waals surface area contributed by atoms with Crippen LogP contribution in [-0.2, 0) is 0 Å². The summed E-state index contributed by atoms with van der Waals surface area (Å²) in [6.45, 7) is 0. The molecule has 1 aromatic heterocycles. The van der Waals surface area contributed by atoms with Crippen LogP contribution < -0.4 is 5.32 Å². The fourth-order valence-electron chi connectivity index (χ4n) is 1.53. The molecule has 0 aliphatic heterocycles. The van der Waals surface area contributed by atoms with E-state index in [2.05, 4.69) is 21.4 Å². The normalized spacial score (nSPS) is 16.3. The van der Waals surface area contributed by atoms with Crippen molar-refractivity contribution in [2.24, 2.45) is 0 Å². The zero-order chi connectivity index (χ0) is 8.67. The van der Waals surface area contributed by atoms with Crippen molar-refractivity contribution in [2.75, 3.05) is 5.32 Å². The quantitative estimate of drug-likeness (QED) is 0.730. The molecule has 2 N–H and O–H groups in total. The fraction of sp³-hybridized carbons (Fsp3) is 0.300. The maximum absolute atomic E-state index is 4.28. The number of anilines is 1. The minimum Gasteiger partial charge on any atom is -0.381 e. The van der Waals surface area contributed by atoms with Crippen molar-refractivity contribution >= 4 is 16.7 Å². The van der Waals surface area contributed by atoms with Gasteiger partial charge in [0.05, 0.1) is 17.5 Å². The van der Waals surface area contributed by atoms with Crippen LogP contribution >= 0.6 is 0 Å². The Hall–Kier alpha value is -1.51. The van der Waals surface area contributed by atoms with Crippen LogP contribution in [0.1, 0.15) is 12.8 Å². The Morgan fingerprint density at radius 3 is 3.15 bits per heavy atom. The van der Waals surface area contributed by atoms with E-state index >= 15 is 0 Å². The van der Waals surface area contributed by atoms with Crippen LogP contribution in [0.5, 0.6) is 0 Å². The standard InChI is InChI=1S/C10H11N3/c1-2-8-10(12-6-11-8)9(3-1)13-7-4-5-7/h1-3,6-7,13H,4-5H2,(H,11,12). The number of aromatic nitrogens is 2. The molecule has 1 heterocycles. The monoisotopic (exact) mass is 173 g/mol. The van der Waals surface area contributed by atoms with Crippen LogP contribution in [0.3, 0.4) is 0 Å². The maximum atomic E-state index is 4.28. The summed E-state index contributed by atoms with van der Waals surface area (Å²) in [6.07, 6.45) is 4.32. The van der Waals surface area contributed by atoms with Crippen molar-refractivity contribution in [3.63, 3.8) is 0 Å². The molecule has 0 spiro atoms. The third-order valence-electron chi connectivity index (χ3n) is 2.39. The molecular formula is C10H11N3. The Labute approximate surface area is 76.2 Å². The van der Waals surface area contributed by atoms with E-state index in [1.165, 1.54) is 12.8 Å². The first-order valence-corrected chi connectivity index (χ1v) is 4.62. The molecule has 1 aromatic carbocycles. The van der Waals surface area contributed by atoms with Gasteiger partial charge >= 0.3 is 0 Å². The highest BCUT2D eigenvalue weighted by molar-refractivity contribution is 5.87. The molecular weight excluding hydrogens is 162 g/mol. The van der Waals surface area contributed by atoms with Gasteiger partial charge in [-0.3, -0.25) is 0 Å². The largest absolute Gasteiger partial charge is 0.381 e. The Morgan fingerprint density at radius 2 is 2.31 bits per heavy atom. The predicted octanol–water partition coefficient (Wildman–Crippen LogP) is 2.14. The first-order valence-electron chi connectivity index (χ1n) is 4.62. The predicted molar refractivity (Wildman–Crippen MR) is 52.7 cm³/mol.